The molecular weight excluding hydrogens is 210 g/mol. The third kappa shape index (κ3) is 3.08. The second-order valence-electron chi connectivity index (χ2n) is 4.24. The molecule has 1 N–H and O–H groups in total. The molecule has 0 saturated heterocycles. The molecule has 6 nitrogen and oxygen atoms in total. The Morgan fingerprint density at radius 3 is 2.50 bits per heavy atom. The lowest BCUT2D eigenvalue weighted by atomic mass is 10.2. The SMILES string of the molecule is CNc1ccc([N+](=O)[O-])c(OC(C)(C)C)n1. The van der Waals surface area contributed by atoms with Gasteiger partial charge < -0.3 is 10.1 Å². The average Bonchev–Trinajstić information content (AvgIpc) is 2.14. The van der Waals surface area contributed by atoms with Crippen molar-refractivity contribution in [3.63, 3.8) is 0 Å². The topological polar surface area (TPSA) is 77.3 Å². The zero-order valence-electron chi connectivity index (χ0n) is 9.77. The van der Waals surface area contributed by atoms with E-state index in [-0.39, 0.29) is 11.6 Å². The fraction of sp³-hybridized carbons (Fsp3) is 0.500. The van der Waals surface area contributed by atoms with Crippen LogP contribution in [0.25, 0.3) is 0 Å². The van der Waals surface area contributed by atoms with Crippen LogP contribution >= 0.6 is 0 Å². The first-order valence-electron chi connectivity index (χ1n) is 4.85. The molecule has 1 aromatic heterocycles. The summed E-state index contributed by atoms with van der Waals surface area (Å²) in [6.45, 7) is 5.43. The van der Waals surface area contributed by atoms with Crippen molar-refractivity contribution >= 4 is 11.5 Å². The molecule has 0 radical (unpaired) electrons. The van der Waals surface area contributed by atoms with Crippen molar-refractivity contribution in [3.8, 4) is 5.88 Å². The van der Waals surface area contributed by atoms with Crippen molar-refractivity contribution in [2.24, 2.45) is 0 Å². The van der Waals surface area contributed by atoms with Gasteiger partial charge in [-0.2, -0.15) is 4.98 Å². The predicted molar refractivity (Wildman–Crippen MR) is 60.8 cm³/mol. The van der Waals surface area contributed by atoms with E-state index in [0.29, 0.717) is 5.82 Å². The lowest BCUT2D eigenvalue weighted by molar-refractivity contribution is -0.386. The van der Waals surface area contributed by atoms with Crippen LogP contribution in [0.15, 0.2) is 12.1 Å². The fourth-order valence-corrected chi connectivity index (χ4v) is 1.08. The van der Waals surface area contributed by atoms with Crippen LogP contribution in [0, 0.1) is 10.1 Å². The summed E-state index contributed by atoms with van der Waals surface area (Å²) in [4.78, 5) is 14.3. The summed E-state index contributed by atoms with van der Waals surface area (Å²) in [7, 11) is 1.69. The number of pyridine rings is 1. The molecule has 1 aromatic rings. The quantitative estimate of drug-likeness (QED) is 0.630. The summed E-state index contributed by atoms with van der Waals surface area (Å²) in [5, 5.41) is 13.6. The molecule has 0 saturated carbocycles. The van der Waals surface area contributed by atoms with Gasteiger partial charge in [0, 0.05) is 13.1 Å². The molecule has 0 fully saturated rings. The molecule has 1 rings (SSSR count). The van der Waals surface area contributed by atoms with Crippen LogP contribution in [0.1, 0.15) is 20.8 Å². The Morgan fingerprint density at radius 1 is 1.44 bits per heavy atom. The molecule has 0 aliphatic heterocycles. The Kier molecular flexibility index (Phi) is 3.31. The van der Waals surface area contributed by atoms with E-state index >= 15 is 0 Å². The second kappa shape index (κ2) is 4.34. The van der Waals surface area contributed by atoms with Crippen LogP contribution in [-0.4, -0.2) is 22.6 Å². The van der Waals surface area contributed by atoms with Crippen molar-refractivity contribution < 1.29 is 9.66 Å². The van der Waals surface area contributed by atoms with Gasteiger partial charge in [-0.1, -0.05) is 0 Å². The molecular formula is C10H15N3O3. The molecule has 0 bridgehead atoms. The third-order valence-corrected chi connectivity index (χ3v) is 1.70. The van der Waals surface area contributed by atoms with Crippen LogP contribution < -0.4 is 10.1 Å². The standard InChI is InChI=1S/C10H15N3O3/c1-10(2,3)16-9-7(13(14)15)5-6-8(11-4)12-9/h5-6H,1-4H3,(H,11,12). The van der Waals surface area contributed by atoms with E-state index in [1.165, 1.54) is 12.1 Å². The van der Waals surface area contributed by atoms with Gasteiger partial charge in [0.1, 0.15) is 11.4 Å². The maximum Gasteiger partial charge on any atom is 0.331 e. The number of ether oxygens (including phenoxy) is 1. The van der Waals surface area contributed by atoms with Gasteiger partial charge in [-0.05, 0) is 26.8 Å². The number of hydrogen-bond acceptors (Lipinski definition) is 5. The zero-order valence-corrected chi connectivity index (χ0v) is 9.77. The van der Waals surface area contributed by atoms with E-state index in [1.54, 1.807) is 7.05 Å². The van der Waals surface area contributed by atoms with Gasteiger partial charge in [-0.15, -0.1) is 0 Å². The van der Waals surface area contributed by atoms with Crippen molar-refractivity contribution in [2.45, 2.75) is 26.4 Å². The van der Waals surface area contributed by atoms with E-state index in [2.05, 4.69) is 10.3 Å². The van der Waals surface area contributed by atoms with E-state index in [0.717, 1.165) is 0 Å². The van der Waals surface area contributed by atoms with E-state index in [1.807, 2.05) is 20.8 Å². The molecule has 0 unspecified atom stereocenters. The summed E-state index contributed by atoms with van der Waals surface area (Å²) in [5.74, 6) is 0.564. The normalized spacial score (nSPS) is 11.0. The fourth-order valence-electron chi connectivity index (χ4n) is 1.08. The Hall–Kier alpha value is -1.85. The lowest BCUT2D eigenvalue weighted by Crippen LogP contribution is -2.24. The van der Waals surface area contributed by atoms with E-state index in [9.17, 15) is 10.1 Å². The number of nitro groups is 1. The van der Waals surface area contributed by atoms with Crippen LogP contribution in [0.4, 0.5) is 11.5 Å². The van der Waals surface area contributed by atoms with Gasteiger partial charge in [-0.25, -0.2) is 0 Å². The van der Waals surface area contributed by atoms with Crippen molar-refractivity contribution in [1.29, 1.82) is 0 Å². The van der Waals surface area contributed by atoms with E-state index < -0.39 is 10.5 Å². The maximum absolute atomic E-state index is 10.8. The Balaban J connectivity index is 3.15. The summed E-state index contributed by atoms with van der Waals surface area (Å²) in [5.41, 5.74) is -0.654. The molecule has 0 aromatic carbocycles. The highest BCUT2D eigenvalue weighted by atomic mass is 16.6. The minimum absolute atomic E-state index is 0.0318. The second-order valence-corrected chi connectivity index (χ2v) is 4.24. The molecule has 0 amide bonds. The number of aromatic nitrogens is 1. The van der Waals surface area contributed by atoms with Crippen molar-refractivity contribution in [1.82, 2.24) is 4.98 Å². The summed E-state index contributed by atoms with van der Waals surface area (Å²) in [6, 6.07) is 2.91. The summed E-state index contributed by atoms with van der Waals surface area (Å²) in [6.07, 6.45) is 0. The van der Waals surface area contributed by atoms with Crippen LogP contribution in [0.3, 0.4) is 0 Å². The van der Waals surface area contributed by atoms with Gasteiger partial charge in [-0.3, -0.25) is 10.1 Å². The minimum Gasteiger partial charge on any atom is -0.467 e. The van der Waals surface area contributed by atoms with Crippen molar-refractivity contribution in [2.75, 3.05) is 12.4 Å². The molecule has 0 aliphatic carbocycles. The summed E-state index contributed by atoms with van der Waals surface area (Å²) >= 11 is 0. The molecule has 1 heterocycles. The number of rotatable bonds is 3. The lowest BCUT2D eigenvalue weighted by Gasteiger charge is -2.20. The smallest absolute Gasteiger partial charge is 0.331 e. The Morgan fingerprint density at radius 2 is 2.06 bits per heavy atom. The van der Waals surface area contributed by atoms with Gasteiger partial charge in [0.25, 0.3) is 5.88 Å². The highest BCUT2D eigenvalue weighted by Crippen LogP contribution is 2.28. The first kappa shape index (κ1) is 12.2. The van der Waals surface area contributed by atoms with Gasteiger partial charge in [0.15, 0.2) is 0 Å². The number of nitrogens with zero attached hydrogens (tertiary/aromatic N) is 2. The van der Waals surface area contributed by atoms with Gasteiger partial charge in [0.05, 0.1) is 4.92 Å². The maximum atomic E-state index is 10.8. The largest absolute Gasteiger partial charge is 0.467 e. The highest BCUT2D eigenvalue weighted by molar-refractivity contribution is 5.48. The molecule has 6 heteroatoms. The average molecular weight is 225 g/mol. The monoisotopic (exact) mass is 225 g/mol. The van der Waals surface area contributed by atoms with Crippen molar-refractivity contribution in [3.05, 3.63) is 22.2 Å². The number of nitrogens with one attached hydrogen (secondary N) is 1. The number of anilines is 1. The Bertz CT molecular complexity index is 399. The molecule has 88 valence electrons. The Labute approximate surface area is 93.8 Å². The van der Waals surface area contributed by atoms with E-state index in [4.69, 9.17) is 4.74 Å². The molecule has 0 spiro atoms. The summed E-state index contributed by atoms with van der Waals surface area (Å²) < 4.78 is 5.44. The van der Waals surface area contributed by atoms with Crippen LogP contribution in [-0.2, 0) is 0 Å². The predicted octanol–water partition coefficient (Wildman–Crippen LogP) is 2.21. The zero-order chi connectivity index (χ0) is 12.3. The van der Waals surface area contributed by atoms with Crippen LogP contribution in [0.5, 0.6) is 5.88 Å². The first-order valence-corrected chi connectivity index (χ1v) is 4.85. The highest BCUT2D eigenvalue weighted by Gasteiger charge is 2.22. The first-order chi connectivity index (χ1) is 7.33. The molecule has 16 heavy (non-hydrogen) atoms. The molecule has 0 aliphatic rings. The third-order valence-electron chi connectivity index (χ3n) is 1.70. The number of hydrogen-bond donors (Lipinski definition) is 1. The van der Waals surface area contributed by atoms with Crippen LogP contribution in [0.2, 0.25) is 0 Å². The molecule has 0 atom stereocenters. The van der Waals surface area contributed by atoms with Gasteiger partial charge >= 0.3 is 5.69 Å². The van der Waals surface area contributed by atoms with Gasteiger partial charge in [0.2, 0.25) is 0 Å². The minimum atomic E-state index is -0.524.